The summed E-state index contributed by atoms with van der Waals surface area (Å²) in [4.78, 5) is 2.32. The highest BCUT2D eigenvalue weighted by molar-refractivity contribution is 4.72. The molecular formula is C8H16NO. The van der Waals surface area contributed by atoms with Crippen LogP contribution in [0.5, 0.6) is 0 Å². The predicted molar refractivity (Wildman–Crippen MR) is 41.8 cm³/mol. The average molecular weight is 142 g/mol. The molecule has 1 fully saturated rings. The van der Waals surface area contributed by atoms with Gasteiger partial charge in [0, 0.05) is 13.1 Å². The molecule has 0 aromatic rings. The predicted octanol–water partition coefficient (Wildman–Crippen LogP) is 0.930. The van der Waals surface area contributed by atoms with E-state index in [1.165, 1.54) is 0 Å². The maximum Gasteiger partial charge on any atom is 0.0678 e. The van der Waals surface area contributed by atoms with Crippen LogP contribution in [0.3, 0.4) is 0 Å². The Morgan fingerprint density at radius 3 is 2.30 bits per heavy atom. The van der Waals surface area contributed by atoms with Gasteiger partial charge in [0.2, 0.25) is 0 Å². The fraction of sp³-hybridized carbons (Fsp3) is 0.875. The smallest absolute Gasteiger partial charge is 0.0678 e. The van der Waals surface area contributed by atoms with Crippen LogP contribution in [0.25, 0.3) is 0 Å². The van der Waals surface area contributed by atoms with Crippen LogP contribution >= 0.6 is 0 Å². The Labute approximate surface area is 63.2 Å². The Morgan fingerprint density at radius 1 is 1.40 bits per heavy atom. The van der Waals surface area contributed by atoms with E-state index in [2.05, 4.69) is 25.7 Å². The van der Waals surface area contributed by atoms with E-state index in [1.807, 2.05) is 0 Å². The molecule has 2 unspecified atom stereocenters. The van der Waals surface area contributed by atoms with Crippen molar-refractivity contribution in [3.8, 4) is 0 Å². The molecule has 1 rings (SSSR count). The molecule has 0 aromatic heterocycles. The fourth-order valence-corrected chi connectivity index (χ4v) is 1.47. The molecule has 1 saturated heterocycles. The molecule has 2 heteroatoms. The van der Waals surface area contributed by atoms with Crippen molar-refractivity contribution in [1.29, 1.82) is 0 Å². The third-order valence-electron chi connectivity index (χ3n) is 1.81. The zero-order valence-corrected chi connectivity index (χ0v) is 6.84. The van der Waals surface area contributed by atoms with E-state index < -0.39 is 0 Å². The Kier molecular flexibility index (Phi) is 2.69. The second kappa shape index (κ2) is 3.35. The lowest BCUT2D eigenvalue weighted by atomic mass is 10.2. The second-order valence-corrected chi connectivity index (χ2v) is 3.02. The number of morpholine rings is 1. The number of rotatable bonds is 1. The number of hydrogen-bond acceptors (Lipinski definition) is 2. The minimum Gasteiger partial charge on any atom is -0.373 e. The molecule has 10 heavy (non-hydrogen) atoms. The third-order valence-corrected chi connectivity index (χ3v) is 1.81. The molecule has 0 spiro atoms. The number of ether oxygens (including phenoxy) is 1. The van der Waals surface area contributed by atoms with Crippen molar-refractivity contribution in [3.05, 3.63) is 6.92 Å². The van der Waals surface area contributed by atoms with E-state index >= 15 is 0 Å². The number of hydrogen-bond donors (Lipinski definition) is 0. The van der Waals surface area contributed by atoms with Crippen molar-refractivity contribution in [1.82, 2.24) is 4.90 Å². The van der Waals surface area contributed by atoms with E-state index in [1.54, 1.807) is 0 Å². The minimum absolute atomic E-state index is 0.380. The minimum atomic E-state index is 0.380. The molecule has 0 aromatic carbocycles. The van der Waals surface area contributed by atoms with Gasteiger partial charge in [0.1, 0.15) is 0 Å². The zero-order chi connectivity index (χ0) is 7.56. The summed E-state index contributed by atoms with van der Waals surface area (Å²) in [6.45, 7) is 11.0. The Morgan fingerprint density at radius 2 is 1.90 bits per heavy atom. The van der Waals surface area contributed by atoms with Crippen molar-refractivity contribution in [2.24, 2.45) is 0 Å². The summed E-state index contributed by atoms with van der Waals surface area (Å²) in [5.74, 6) is 0. The SMILES string of the molecule is [CH2]CN1CC(C)OC(C)C1. The van der Waals surface area contributed by atoms with Gasteiger partial charge in [-0.3, -0.25) is 4.90 Å². The van der Waals surface area contributed by atoms with Crippen molar-refractivity contribution in [3.63, 3.8) is 0 Å². The molecule has 1 aliphatic rings. The van der Waals surface area contributed by atoms with Gasteiger partial charge in [-0.15, -0.1) is 0 Å². The van der Waals surface area contributed by atoms with Crippen LogP contribution in [0, 0.1) is 6.92 Å². The standard InChI is InChI=1S/C8H16NO/c1-4-9-5-7(2)10-8(3)6-9/h7-8H,1,4-6H2,2-3H3. The Hall–Kier alpha value is -0.0800. The van der Waals surface area contributed by atoms with Crippen molar-refractivity contribution >= 4 is 0 Å². The number of nitrogens with zero attached hydrogens (tertiary/aromatic N) is 1. The lowest BCUT2D eigenvalue weighted by Crippen LogP contribution is -2.45. The first kappa shape index (κ1) is 8.02. The molecule has 1 radical (unpaired) electrons. The molecule has 2 atom stereocenters. The van der Waals surface area contributed by atoms with Gasteiger partial charge in [0.05, 0.1) is 12.2 Å². The monoisotopic (exact) mass is 142 g/mol. The van der Waals surface area contributed by atoms with Crippen LogP contribution in [0.1, 0.15) is 13.8 Å². The van der Waals surface area contributed by atoms with Gasteiger partial charge < -0.3 is 4.74 Å². The molecule has 2 nitrogen and oxygen atoms in total. The topological polar surface area (TPSA) is 12.5 Å². The lowest BCUT2D eigenvalue weighted by Gasteiger charge is -2.34. The third kappa shape index (κ3) is 1.96. The average Bonchev–Trinajstić information content (AvgIpc) is 1.85. The van der Waals surface area contributed by atoms with E-state index in [4.69, 9.17) is 4.74 Å². The van der Waals surface area contributed by atoms with Crippen molar-refractivity contribution in [2.45, 2.75) is 26.1 Å². The van der Waals surface area contributed by atoms with Gasteiger partial charge in [0.25, 0.3) is 0 Å². The summed E-state index contributed by atoms with van der Waals surface area (Å²) in [6, 6.07) is 0. The molecule has 0 bridgehead atoms. The molecule has 1 aliphatic heterocycles. The second-order valence-electron chi connectivity index (χ2n) is 3.02. The summed E-state index contributed by atoms with van der Waals surface area (Å²) in [5.41, 5.74) is 0. The van der Waals surface area contributed by atoms with Gasteiger partial charge in [-0.25, -0.2) is 0 Å². The molecule has 0 N–H and O–H groups in total. The molecular weight excluding hydrogens is 126 g/mol. The lowest BCUT2D eigenvalue weighted by molar-refractivity contribution is -0.0648. The summed E-state index contributed by atoms with van der Waals surface area (Å²) < 4.78 is 5.55. The largest absolute Gasteiger partial charge is 0.373 e. The van der Waals surface area contributed by atoms with Gasteiger partial charge in [0.15, 0.2) is 0 Å². The molecule has 0 aliphatic carbocycles. The molecule has 0 saturated carbocycles. The van der Waals surface area contributed by atoms with E-state index in [9.17, 15) is 0 Å². The van der Waals surface area contributed by atoms with Gasteiger partial charge >= 0.3 is 0 Å². The maximum absolute atomic E-state index is 5.55. The molecule has 1 heterocycles. The van der Waals surface area contributed by atoms with Crippen LogP contribution in [0.15, 0.2) is 0 Å². The van der Waals surface area contributed by atoms with Crippen molar-refractivity contribution in [2.75, 3.05) is 19.6 Å². The maximum atomic E-state index is 5.55. The summed E-state index contributed by atoms with van der Waals surface area (Å²) in [7, 11) is 0. The summed E-state index contributed by atoms with van der Waals surface area (Å²) in [5, 5.41) is 0. The van der Waals surface area contributed by atoms with E-state index in [0.717, 1.165) is 19.6 Å². The zero-order valence-electron chi connectivity index (χ0n) is 6.84. The molecule has 59 valence electrons. The van der Waals surface area contributed by atoms with Crippen LogP contribution in [-0.4, -0.2) is 36.7 Å². The van der Waals surface area contributed by atoms with Crippen molar-refractivity contribution < 1.29 is 4.74 Å². The van der Waals surface area contributed by atoms with Gasteiger partial charge in [-0.2, -0.15) is 0 Å². The van der Waals surface area contributed by atoms with Gasteiger partial charge in [-0.05, 0) is 27.3 Å². The first-order valence-electron chi connectivity index (χ1n) is 3.89. The van der Waals surface area contributed by atoms with Crippen LogP contribution < -0.4 is 0 Å². The summed E-state index contributed by atoms with van der Waals surface area (Å²) in [6.07, 6.45) is 0.760. The summed E-state index contributed by atoms with van der Waals surface area (Å²) >= 11 is 0. The van der Waals surface area contributed by atoms with Crippen LogP contribution in [0.4, 0.5) is 0 Å². The fourth-order valence-electron chi connectivity index (χ4n) is 1.47. The highest BCUT2D eigenvalue weighted by Gasteiger charge is 2.20. The highest BCUT2D eigenvalue weighted by Crippen LogP contribution is 2.09. The normalized spacial score (nSPS) is 36.3. The first-order chi connectivity index (χ1) is 4.72. The van der Waals surface area contributed by atoms with E-state index in [0.29, 0.717) is 12.2 Å². The van der Waals surface area contributed by atoms with E-state index in [-0.39, 0.29) is 0 Å². The van der Waals surface area contributed by atoms with Crippen LogP contribution in [0.2, 0.25) is 0 Å². The van der Waals surface area contributed by atoms with Crippen LogP contribution in [-0.2, 0) is 4.74 Å². The first-order valence-corrected chi connectivity index (χ1v) is 3.89. The quantitative estimate of drug-likeness (QED) is 0.540. The highest BCUT2D eigenvalue weighted by atomic mass is 16.5. The van der Waals surface area contributed by atoms with Gasteiger partial charge in [-0.1, -0.05) is 0 Å². The Bertz CT molecular complexity index is 95.4. The molecule has 0 amide bonds. The Balaban J connectivity index is 2.35.